The van der Waals surface area contributed by atoms with Crippen LogP contribution in [0.15, 0.2) is 36.4 Å². The number of carbonyl (C=O) groups excluding carboxylic acids is 1. The van der Waals surface area contributed by atoms with E-state index in [1.54, 1.807) is 36.4 Å². The van der Waals surface area contributed by atoms with Crippen molar-refractivity contribution < 1.29 is 13.2 Å². The van der Waals surface area contributed by atoms with Crippen LogP contribution in [0, 0.1) is 0 Å². The first-order valence-corrected chi connectivity index (χ1v) is 10.6. The smallest absolute Gasteiger partial charge is 0.251 e. The molecule has 2 aromatic rings. The first-order chi connectivity index (χ1) is 12.2. The second-order valence-corrected chi connectivity index (χ2v) is 9.04. The van der Waals surface area contributed by atoms with Gasteiger partial charge in [0, 0.05) is 22.2 Å². The third kappa shape index (κ3) is 3.82. The van der Waals surface area contributed by atoms with Crippen LogP contribution < -0.4 is 9.62 Å². The molecule has 0 bridgehead atoms. The van der Waals surface area contributed by atoms with Crippen molar-refractivity contribution >= 4 is 44.8 Å². The minimum atomic E-state index is -3.31. The number of halogens is 2. The van der Waals surface area contributed by atoms with E-state index in [1.165, 1.54) is 10.6 Å². The predicted octanol–water partition coefficient (Wildman–Crippen LogP) is 3.81. The number of benzene rings is 2. The molecule has 0 saturated heterocycles. The summed E-state index contributed by atoms with van der Waals surface area (Å²) in [5.74, 6) is -0.246. The van der Waals surface area contributed by atoms with Crippen LogP contribution in [0.4, 0.5) is 5.69 Å². The van der Waals surface area contributed by atoms with Crippen LogP contribution in [-0.2, 0) is 16.4 Å². The first-order valence-electron chi connectivity index (χ1n) is 8.03. The molecule has 1 aliphatic heterocycles. The Morgan fingerprint density at radius 3 is 2.58 bits per heavy atom. The SMILES string of the molecule is C[C@H](NC(=O)c1ccc2c(c1)CCN2S(C)(=O)=O)c1ccc(Cl)cc1Cl. The summed E-state index contributed by atoms with van der Waals surface area (Å²) in [6.07, 6.45) is 1.77. The lowest BCUT2D eigenvalue weighted by Gasteiger charge is -2.18. The fraction of sp³-hybridized carbons (Fsp3) is 0.278. The monoisotopic (exact) mass is 412 g/mol. The Morgan fingerprint density at radius 1 is 1.19 bits per heavy atom. The fourth-order valence-corrected chi connectivity index (χ4v) is 4.60. The van der Waals surface area contributed by atoms with E-state index in [0.717, 1.165) is 11.1 Å². The van der Waals surface area contributed by atoms with Gasteiger partial charge in [0.15, 0.2) is 0 Å². The van der Waals surface area contributed by atoms with E-state index in [4.69, 9.17) is 23.2 Å². The molecule has 8 heteroatoms. The maximum Gasteiger partial charge on any atom is 0.251 e. The van der Waals surface area contributed by atoms with Crippen LogP contribution in [0.25, 0.3) is 0 Å². The average Bonchev–Trinajstić information content (AvgIpc) is 2.97. The van der Waals surface area contributed by atoms with Gasteiger partial charge in [0.25, 0.3) is 5.91 Å². The number of hydrogen-bond donors (Lipinski definition) is 1. The van der Waals surface area contributed by atoms with Gasteiger partial charge in [-0.1, -0.05) is 29.3 Å². The summed E-state index contributed by atoms with van der Waals surface area (Å²) < 4.78 is 25.0. The van der Waals surface area contributed by atoms with Crippen LogP contribution in [-0.4, -0.2) is 27.1 Å². The molecule has 1 atom stereocenters. The maximum absolute atomic E-state index is 12.6. The van der Waals surface area contributed by atoms with E-state index in [2.05, 4.69) is 5.32 Å². The average molecular weight is 413 g/mol. The van der Waals surface area contributed by atoms with E-state index >= 15 is 0 Å². The number of rotatable bonds is 4. The number of anilines is 1. The molecule has 2 aromatic carbocycles. The Hall–Kier alpha value is -1.76. The van der Waals surface area contributed by atoms with Gasteiger partial charge >= 0.3 is 0 Å². The highest BCUT2D eigenvalue weighted by Gasteiger charge is 2.27. The first kappa shape index (κ1) is 19.0. The highest BCUT2D eigenvalue weighted by molar-refractivity contribution is 7.92. The molecule has 5 nitrogen and oxygen atoms in total. The normalized spacial score (nSPS) is 14.8. The quantitative estimate of drug-likeness (QED) is 0.829. The Balaban J connectivity index is 1.79. The van der Waals surface area contributed by atoms with Gasteiger partial charge in [0.1, 0.15) is 0 Å². The molecule has 0 aromatic heterocycles. The Morgan fingerprint density at radius 2 is 1.92 bits per heavy atom. The molecule has 0 unspecified atom stereocenters. The molecule has 0 spiro atoms. The van der Waals surface area contributed by atoms with Crippen molar-refractivity contribution in [1.29, 1.82) is 0 Å². The van der Waals surface area contributed by atoms with Gasteiger partial charge in [0.2, 0.25) is 10.0 Å². The Kier molecular flexibility index (Phi) is 5.19. The second-order valence-electron chi connectivity index (χ2n) is 6.29. The minimum Gasteiger partial charge on any atom is -0.345 e. The summed E-state index contributed by atoms with van der Waals surface area (Å²) >= 11 is 12.1. The number of amides is 1. The van der Waals surface area contributed by atoms with E-state index in [1.807, 2.05) is 6.92 Å². The number of nitrogens with zero attached hydrogens (tertiary/aromatic N) is 1. The van der Waals surface area contributed by atoms with E-state index < -0.39 is 10.0 Å². The standard InChI is InChI=1S/C18H18Cl2N2O3S/c1-11(15-5-4-14(19)10-16(15)20)21-18(23)13-3-6-17-12(9-13)7-8-22(17)26(2,24)25/h3-6,9-11H,7-8H2,1-2H3,(H,21,23)/t11-/m0/s1. The third-order valence-corrected chi connectivity index (χ3v) is 6.11. The zero-order valence-corrected chi connectivity index (χ0v) is 16.6. The predicted molar refractivity (Wildman–Crippen MR) is 105 cm³/mol. The molecule has 1 aliphatic rings. The zero-order chi connectivity index (χ0) is 19.1. The van der Waals surface area contributed by atoms with Gasteiger partial charge in [-0.2, -0.15) is 0 Å². The minimum absolute atomic E-state index is 0.246. The van der Waals surface area contributed by atoms with Gasteiger partial charge in [0.05, 0.1) is 18.0 Å². The molecular weight excluding hydrogens is 395 g/mol. The fourth-order valence-electron chi connectivity index (χ4n) is 3.07. The molecule has 0 aliphatic carbocycles. The van der Waals surface area contributed by atoms with Crippen LogP contribution in [0.1, 0.15) is 34.5 Å². The van der Waals surface area contributed by atoms with Gasteiger partial charge in [-0.15, -0.1) is 0 Å². The van der Waals surface area contributed by atoms with Gasteiger partial charge in [-0.05, 0) is 54.8 Å². The van der Waals surface area contributed by atoms with Gasteiger partial charge in [-0.25, -0.2) is 8.42 Å². The van der Waals surface area contributed by atoms with Crippen molar-refractivity contribution in [3.8, 4) is 0 Å². The van der Waals surface area contributed by atoms with E-state index in [9.17, 15) is 13.2 Å². The number of fused-ring (bicyclic) bond motifs is 1. The van der Waals surface area contributed by atoms with Crippen LogP contribution in [0.5, 0.6) is 0 Å². The van der Waals surface area contributed by atoms with E-state index in [0.29, 0.717) is 34.3 Å². The van der Waals surface area contributed by atoms with Gasteiger partial charge in [-0.3, -0.25) is 9.10 Å². The number of carbonyl (C=O) groups is 1. The summed E-state index contributed by atoms with van der Waals surface area (Å²) in [4.78, 5) is 12.6. The number of hydrogen-bond acceptors (Lipinski definition) is 3. The highest BCUT2D eigenvalue weighted by atomic mass is 35.5. The van der Waals surface area contributed by atoms with E-state index in [-0.39, 0.29) is 11.9 Å². The molecule has 1 amide bonds. The molecule has 1 N–H and O–H groups in total. The van der Waals surface area contributed by atoms with Crippen LogP contribution in [0.3, 0.4) is 0 Å². The van der Waals surface area contributed by atoms with Crippen molar-refractivity contribution in [2.75, 3.05) is 17.1 Å². The van der Waals surface area contributed by atoms with Crippen molar-refractivity contribution in [2.24, 2.45) is 0 Å². The lowest BCUT2D eigenvalue weighted by Crippen LogP contribution is -2.28. The molecule has 0 fully saturated rings. The lowest BCUT2D eigenvalue weighted by atomic mass is 10.1. The number of sulfonamides is 1. The summed E-state index contributed by atoms with van der Waals surface area (Å²) in [5.41, 5.74) is 2.74. The largest absolute Gasteiger partial charge is 0.345 e. The van der Waals surface area contributed by atoms with Crippen LogP contribution >= 0.6 is 23.2 Å². The molecular formula is C18H18Cl2N2O3S. The van der Waals surface area contributed by atoms with Crippen molar-refractivity contribution in [1.82, 2.24) is 5.32 Å². The second kappa shape index (κ2) is 7.10. The summed E-state index contributed by atoms with van der Waals surface area (Å²) in [5, 5.41) is 3.93. The Labute approximate surface area is 163 Å². The van der Waals surface area contributed by atoms with Crippen molar-refractivity contribution in [3.05, 3.63) is 63.1 Å². The van der Waals surface area contributed by atoms with Crippen molar-refractivity contribution in [3.63, 3.8) is 0 Å². The Bertz CT molecular complexity index is 976. The molecule has 0 saturated carbocycles. The molecule has 3 rings (SSSR count). The van der Waals surface area contributed by atoms with Crippen molar-refractivity contribution in [2.45, 2.75) is 19.4 Å². The maximum atomic E-state index is 12.6. The molecule has 26 heavy (non-hydrogen) atoms. The third-order valence-electron chi connectivity index (χ3n) is 4.37. The topological polar surface area (TPSA) is 66.5 Å². The summed E-state index contributed by atoms with van der Waals surface area (Å²) in [6.45, 7) is 2.24. The summed E-state index contributed by atoms with van der Waals surface area (Å²) in [6, 6.07) is 9.89. The van der Waals surface area contributed by atoms with Crippen LogP contribution in [0.2, 0.25) is 10.0 Å². The molecule has 138 valence electrons. The van der Waals surface area contributed by atoms with Gasteiger partial charge < -0.3 is 5.32 Å². The highest BCUT2D eigenvalue weighted by Crippen LogP contribution is 2.31. The molecule has 0 radical (unpaired) electrons. The zero-order valence-electron chi connectivity index (χ0n) is 14.3. The molecule has 1 heterocycles. The number of nitrogens with one attached hydrogen (secondary N) is 1. The summed E-state index contributed by atoms with van der Waals surface area (Å²) in [7, 11) is -3.31. The lowest BCUT2D eigenvalue weighted by molar-refractivity contribution is 0.0940.